The average molecular weight is 352 g/mol. The summed E-state index contributed by atoms with van der Waals surface area (Å²) in [7, 11) is 1.41. The van der Waals surface area contributed by atoms with Crippen LogP contribution in [0.3, 0.4) is 0 Å². The lowest BCUT2D eigenvalue weighted by Gasteiger charge is -2.42. The molecule has 136 valence electrons. The van der Waals surface area contributed by atoms with Crippen LogP contribution in [0.25, 0.3) is 10.9 Å². The highest BCUT2D eigenvalue weighted by Crippen LogP contribution is 2.44. The maximum atomic E-state index is 12.3. The van der Waals surface area contributed by atoms with Gasteiger partial charge in [0, 0.05) is 35.3 Å². The van der Waals surface area contributed by atoms with Crippen LogP contribution in [-0.4, -0.2) is 41.2 Å². The number of aliphatic hydroxyl groups is 1. The van der Waals surface area contributed by atoms with Crippen LogP contribution in [0.4, 0.5) is 0 Å². The normalized spacial score (nSPS) is 22.7. The Morgan fingerprint density at radius 1 is 1.42 bits per heavy atom. The Morgan fingerprint density at radius 2 is 2.23 bits per heavy atom. The smallest absolute Gasteiger partial charge is 0.335 e. The van der Waals surface area contributed by atoms with E-state index in [1.165, 1.54) is 23.8 Å². The number of carbonyl (C=O) groups excluding carboxylic acids is 1. The van der Waals surface area contributed by atoms with Crippen molar-refractivity contribution < 1.29 is 14.6 Å². The zero-order valence-electron chi connectivity index (χ0n) is 15.2. The first-order valence-electron chi connectivity index (χ1n) is 9.09. The number of ether oxygens (including phenoxy) is 1. The molecular formula is C21H24N2O3. The summed E-state index contributed by atoms with van der Waals surface area (Å²) in [5, 5.41) is 11.1. The van der Waals surface area contributed by atoms with Gasteiger partial charge in [-0.25, -0.2) is 4.79 Å². The number of rotatable bonds is 3. The van der Waals surface area contributed by atoms with Crippen LogP contribution in [0.1, 0.15) is 30.6 Å². The third kappa shape index (κ3) is 2.54. The Morgan fingerprint density at radius 3 is 2.96 bits per heavy atom. The Hall–Kier alpha value is -2.53. The average Bonchev–Trinajstić information content (AvgIpc) is 3.07. The van der Waals surface area contributed by atoms with E-state index in [9.17, 15) is 9.90 Å². The lowest BCUT2D eigenvalue weighted by Crippen LogP contribution is -2.39. The molecule has 0 unspecified atom stereocenters. The van der Waals surface area contributed by atoms with E-state index in [-0.39, 0.29) is 24.5 Å². The molecule has 2 atom stereocenters. The fraction of sp³-hybridized carbons (Fsp3) is 0.381. The van der Waals surface area contributed by atoms with Crippen LogP contribution in [-0.2, 0) is 16.0 Å². The quantitative estimate of drug-likeness (QED) is 0.658. The number of para-hydroxylation sites is 1. The molecular weight excluding hydrogens is 328 g/mol. The summed E-state index contributed by atoms with van der Waals surface area (Å²) in [6.07, 6.45) is 5.55. The van der Waals surface area contributed by atoms with E-state index in [2.05, 4.69) is 28.1 Å². The van der Waals surface area contributed by atoms with Crippen molar-refractivity contribution in [3.05, 3.63) is 58.9 Å². The van der Waals surface area contributed by atoms with Gasteiger partial charge in [-0.3, -0.25) is 0 Å². The Labute approximate surface area is 153 Å². The lowest BCUT2D eigenvalue weighted by molar-refractivity contribution is -0.137. The first kappa shape index (κ1) is 16.9. The van der Waals surface area contributed by atoms with Gasteiger partial charge in [-0.15, -0.1) is 0 Å². The van der Waals surface area contributed by atoms with E-state index in [1.807, 2.05) is 25.3 Å². The topological polar surface area (TPSA) is 65.6 Å². The standard InChI is InChI=1S/C21H24N2O3/c1-3-13(12-24)16-10-19-20-15(14-6-4-5-7-18(14)22-20)8-9-23(19)11-17(16)21(25)26-2/h3-7,11,16,19,22,24H,8-10,12H2,1-2H3/b13-3-/t16-,19-/m0/s1. The SMILES string of the molecule is C/C=C(/CO)[C@@H]1C[C@H]2c3[nH]c4ccccc4c3CCN2C=C1C(=O)OC. The van der Waals surface area contributed by atoms with E-state index in [1.54, 1.807) is 0 Å². The fourth-order valence-corrected chi connectivity index (χ4v) is 4.43. The zero-order chi connectivity index (χ0) is 18.3. The van der Waals surface area contributed by atoms with Gasteiger partial charge in [-0.2, -0.15) is 0 Å². The molecule has 1 aromatic heterocycles. The van der Waals surface area contributed by atoms with Crippen LogP contribution in [0.5, 0.6) is 0 Å². The highest BCUT2D eigenvalue weighted by atomic mass is 16.5. The predicted octanol–water partition coefficient (Wildman–Crippen LogP) is 3.08. The van der Waals surface area contributed by atoms with Gasteiger partial charge in [0.25, 0.3) is 0 Å². The predicted molar refractivity (Wildman–Crippen MR) is 100 cm³/mol. The van der Waals surface area contributed by atoms with Gasteiger partial charge in [0.15, 0.2) is 0 Å². The Balaban J connectivity index is 1.80. The number of aliphatic hydroxyl groups excluding tert-OH is 1. The van der Waals surface area contributed by atoms with E-state index < -0.39 is 0 Å². The van der Waals surface area contributed by atoms with Gasteiger partial charge in [-0.1, -0.05) is 24.3 Å². The van der Waals surface area contributed by atoms with E-state index in [0.29, 0.717) is 5.57 Å². The van der Waals surface area contributed by atoms with E-state index in [0.717, 1.165) is 30.5 Å². The first-order valence-corrected chi connectivity index (χ1v) is 9.09. The number of H-pyrrole nitrogens is 1. The summed E-state index contributed by atoms with van der Waals surface area (Å²) in [5.41, 5.74) is 5.26. The zero-order valence-corrected chi connectivity index (χ0v) is 15.2. The number of nitrogens with one attached hydrogen (secondary N) is 1. The molecule has 2 aliphatic heterocycles. The van der Waals surface area contributed by atoms with Crippen molar-refractivity contribution in [3.8, 4) is 0 Å². The minimum absolute atomic E-state index is 0.0538. The van der Waals surface area contributed by atoms with Crippen LogP contribution < -0.4 is 0 Å². The summed E-state index contributed by atoms with van der Waals surface area (Å²) in [4.78, 5) is 18.2. The molecule has 0 bridgehead atoms. The lowest BCUT2D eigenvalue weighted by atomic mass is 9.79. The van der Waals surface area contributed by atoms with E-state index in [4.69, 9.17) is 4.74 Å². The maximum absolute atomic E-state index is 12.3. The van der Waals surface area contributed by atoms with Crippen molar-refractivity contribution in [2.24, 2.45) is 5.92 Å². The third-order valence-electron chi connectivity index (χ3n) is 5.76. The number of methoxy groups -OCH3 is 1. The first-order chi connectivity index (χ1) is 12.7. The third-order valence-corrected chi connectivity index (χ3v) is 5.76. The number of fused-ring (bicyclic) bond motifs is 5. The number of allylic oxidation sites excluding steroid dienone is 1. The van der Waals surface area contributed by atoms with Crippen molar-refractivity contribution in [3.63, 3.8) is 0 Å². The second kappa shape index (κ2) is 6.65. The second-order valence-corrected chi connectivity index (χ2v) is 6.95. The number of hydrogen-bond donors (Lipinski definition) is 2. The van der Waals surface area contributed by atoms with Crippen LogP contribution >= 0.6 is 0 Å². The van der Waals surface area contributed by atoms with Crippen LogP contribution in [0.2, 0.25) is 0 Å². The number of hydrogen-bond acceptors (Lipinski definition) is 4. The monoisotopic (exact) mass is 352 g/mol. The van der Waals surface area contributed by atoms with E-state index >= 15 is 0 Å². The second-order valence-electron chi connectivity index (χ2n) is 6.95. The molecule has 2 aliphatic rings. The minimum Gasteiger partial charge on any atom is -0.466 e. The molecule has 5 nitrogen and oxygen atoms in total. The molecule has 0 spiro atoms. The van der Waals surface area contributed by atoms with Crippen LogP contribution in [0.15, 0.2) is 47.7 Å². The molecule has 5 heteroatoms. The number of carbonyl (C=O) groups is 1. The van der Waals surface area contributed by atoms with Gasteiger partial charge in [-0.05, 0) is 37.0 Å². The highest BCUT2D eigenvalue weighted by molar-refractivity contribution is 5.90. The van der Waals surface area contributed by atoms with Gasteiger partial charge in [0.1, 0.15) is 0 Å². The fourth-order valence-electron chi connectivity index (χ4n) is 4.43. The van der Waals surface area contributed by atoms with Crippen molar-refractivity contribution in [2.45, 2.75) is 25.8 Å². The molecule has 0 saturated heterocycles. The Kier molecular flexibility index (Phi) is 4.32. The van der Waals surface area contributed by atoms with Gasteiger partial charge in [0.2, 0.25) is 0 Å². The van der Waals surface area contributed by atoms with Crippen molar-refractivity contribution in [2.75, 3.05) is 20.3 Å². The Bertz CT molecular complexity index is 909. The van der Waals surface area contributed by atoms with Gasteiger partial charge < -0.3 is 19.7 Å². The molecule has 4 rings (SSSR count). The number of aromatic nitrogens is 1. The molecule has 0 saturated carbocycles. The maximum Gasteiger partial charge on any atom is 0.335 e. The summed E-state index contributed by atoms with van der Waals surface area (Å²) in [6, 6.07) is 8.57. The molecule has 0 amide bonds. The molecule has 1 aromatic carbocycles. The molecule has 0 fully saturated rings. The molecule has 26 heavy (non-hydrogen) atoms. The summed E-state index contributed by atoms with van der Waals surface area (Å²) in [6.45, 7) is 2.72. The van der Waals surface area contributed by atoms with Crippen LogP contribution in [0, 0.1) is 5.92 Å². The number of aromatic amines is 1. The molecule has 0 aliphatic carbocycles. The number of benzene rings is 1. The molecule has 3 heterocycles. The van der Waals surface area contributed by atoms with Gasteiger partial charge in [0.05, 0.1) is 25.3 Å². The summed E-state index contributed by atoms with van der Waals surface area (Å²) >= 11 is 0. The largest absolute Gasteiger partial charge is 0.466 e. The van der Waals surface area contributed by atoms with Crippen molar-refractivity contribution in [1.29, 1.82) is 0 Å². The van der Waals surface area contributed by atoms with Crippen molar-refractivity contribution in [1.82, 2.24) is 9.88 Å². The van der Waals surface area contributed by atoms with Crippen molar-refractivity contribution >= 4 is 16.9 Å². The number of nitrogens with zero attached hydrogens (tertiary/aromatic N) is 1. The van der Waals surface area contributed by atoms with Gasteiger partial charge >= 0.3 is 5.97 Å². The molecule has 2 N–H and O–H groups in total. The summed E-state index contributed by atoms with van der Waals surface area (Å²) < 4.78 is 5.01. The highest BCUT2D eigenvalue weighted by Gasteiger charge is 2.38. The number of esters is 1. The molecule has 0 radical (unpaired) electrons. The minimum atomic E-state index is -0.316. The summed E-state index contributed by atoms with van der Waals surface area (Å²) in [5.74, 6) is -0.445. The molecule has 2 aromatic rings.